The van der Waals surface area contributed by atoms with Gasteiger partial charge in [0, 0.05) is 56.4 Å². The lowest BCUT2D eigenvalue weighted by atomic mass is 10.0. The first-order valence-electron chi connectivity index (χ1n) is 8.04. The van der Waals surface area contributed by atoms with Crippen LogP contribution in [-0.4, -0.2) is 35.2 Å². The summed E-state index contributed by atoms with van der Waals surface area (Å²) < 4.78 is 28.5. The number of aromatic nitrogens is 2. The highest BCUT2D eigenvalue weighted by molar-refractivity contribution is 5.47. The fraction of sp³-hybridized carbons (Fsp3) is 0.471. The fourth-order valence-electron chi connectivity index (χ4n) is 3.05. The molecule has 1 saturated heterocycles. The van der Waals surface area contributed by atoms with Crippen molar-refractivity contribution in [2.24, 2.45) is 0 Å². The van der Waals surface area contributed by atoms with E-state index >= 15 is 0 Å². The summed E-state index contributed by atoms with van der Waals surface area (Å²) in [5, 5.41) is 3.57. The first-order chi connectivity index (χ1) is 11.1. The van der Waals surface area contributed by atoms with Crippen LogP contribution >= 0.6 is 0 Å². The van der Waals surface area contributed by atoms with Gasteiger partial charge >= 0.3 is 0 Å². The maximum atomic E-state index is 13.3. The van der Waals surface area contributed by atoms with Gasteiger partial charge < -0.3 is 14.8 Å². The number of nitrogens with zero attached hydrogens (tertiary/aromatic N) is 3. The van der Waals surface area contributed by atoms with Crippen LogP contribution in [0.25, 0.3) is 0 Å². The van der Waals surface area contributed by atoms with Gasteiger partial charge in [-0.05, 0) is 31.9 Å². The van der Waals surface area contributed by atoms with Crippen molar-refractivity contribution in [3.05, 3.63) is 48.1 Å². The number of anilines is 1. The molecule has 0 bridgehead atoms. The number of hydrogen-bond acceptors (Lipinski definition) is 3. The number of aryl methyl sites for hydroxylation is 1. The summed E-state index contributed by atoms with van der Waals surface area (Å²) in [6.45, 7) is 5.53. The Bertz CT molecular complexity index is 648. The molecule has 4 nitrogen and oxygen atoms in total. The fourth-order valence-corrected chi connectivity index (χ4v) is 3.05. The zero-order valence-electron chi connectivity index (χ0n) is 13.3. The Hall–Kier alpha value is -1.95. The molecule has 2 heterocycles. The maximum absolute atomic E-state index is 13.3. The highest BCUT2D eigenvalue weighted by Crippen LogP contribution is 2.22. The molecular formula is C17H22F2N4. The van der Waals surface area contributed by atoms with Gasteiger partial charge in [0.25, 0.3) is 0 Å². The van der Waals surface area contributed by atoms with E-state index in [0.29, 0.717) is 6.04 Å². The summed E-state index contributed by atoms with van der Waals surface area (Å²) in [6, 6.07) is 4.60. The predicted octanol–water partition coefficient (Wildman–Crippen LogP) is 2.73. The van der Waals surface area contributed by atoms with Gasteiger partial charge in [-0.3, -0.25) is 0 Å². The second-order valence-corrected chi connectivity index (χ2v) is 5.98. The number of imidazole rings is 1. The normalized spacial score (nSPS) is 16.0. The Morgan fingerprint density at radius 2 is 2.00 bits per heavy atom. The highest BCUT2D eigenvalue weighted by atomic mass is 19.2. The van der Waals surface area contributed by atoms with Crippen LogP contribution in [0.15, 0.2) is 30.6 Å². The van der Waals surface area contributed by atoms with Gasteiger partial charge in [0.2, 0.25) is 0 Å². The minimum Gasteiger partial charge on any atom is -0.371 e. The molecule has 1 aromatic heterocycles. The van der Waals surface area contributed by atoms with E-state index in [4.69, 9.17) is 0 Å². The summed E-state index contributed by atoms with van der Waals surface area (Å²) in [7, 11) is 0. The molecule has 0 unspecified atom stereocenters. The van der Waals surface area contributed by atoms with Crippen LogP contribution in [0.5, 0.6) is 0 Å². The van der Waals surface area contributed by atoms with Crippen LogP contribution in [0.1, 0.15) is 18.7 Å². The third-order valence-electron chi connectivity index (χ3n) is 4.47. The van der Waals surface area contributed by atoms with E-state index in [0.717, 1.165) is 50.5 Å². The summed E-state index contributed by atoms with van der Waals surface area (Å²) >= 11 is 0. The number of nitrogens with one attached hydrogen (secondary N) is 1. The Morgan fingerprint density at radius 1 is 1.22 bits per heavy atom. The van der Waals surface area contributed by atoms with Crippen molar-refractivity contribution in [1.82, 2.24) is 14.9 Å². The average molecular weight is 320 g/mol. The topological polar surface area (TPSA) is 33.1 Å². The summed E-state index contributed by atoms with van der Waals surface area (Å²) in [4.78, 5) is 6.32. The lowest BCUT2D eigenvalue weighted by Crippen LogP contribution is -2.43. The minimum absolute atomic E-state index is 0.473. The molecule has 0 atom stereocenters. The van der Waals surface area contributed by atoms with Crippen molar-refractivity contribution in [3.8, 4) is 0 Å². The molecule has 1 aliphatic heterocycles. The van der Waals surface area contributed by atoms with E-state index in [1.807, 2.05) is 19.3 Å². The quantitative estimate of drug-likeness (QED) is 0.919. The zero-order valence-corrected chi connectivity index (χ0v) is 13.3. The monoisotopic (exact) mass is 320 g/mol. The lowest BCUT2D eigenvalue weighted by molar-refractivity contribution is 0.405. The standard InChI is InChI=1S/C17H22F2N4/c1-13-20-6-10-22(13)11-7-21-14-4-8-23(9-5-14)15-2-3-16(18)17(19)12-15/h2-3,6,10,12,14,21H,4-5,7-9,11H2,1H3. The maximum Gasteiger partial charge on any atom is 0.160 e. The minimum atomic E-state index is -0.792. The molecular weight excluding hydrogens is 298 g/mol. The second kappa shape index (κ2) is 7.08. The van der Waals surface area contributed by atoms with Gasteiger partial charge in [-0.2, -0.15) is 0 Å². The van der Waals surface area contributed by atoms with E-state index in [9.17, 15) is 8.78 Å². The predicted molar refractivity (Wildman–Crippen MR) is 86.6 cm³/mol. The molecule has 6 heteroatoms. The highest BCUT2D eigenvalue weighted by Gasteiger charge is 2.19. The summed E-state index contributed by atoms with van der Waals surface area (Å²) in [6.07, 6.45) is 5.81. The third-order valence-corrected chi connectivity index (χ3v) is 4.47. The molecule has 0 aliphatic carbocycles. The van der Waals surface area contributed by atoms with Crippen LogP contribution in [0, 0.1) is 18.6 Å². The molecule has 0 radical (unpaired) electrons. The van der Waals surface area contributed by atoms with Crippen molar-refractivity contribution in [2.75, 3.05) is 24.5 Å². The van der Waals surface area contributed by atoms with Crippen molar-refractivity contribution in [2.45, 2.75) is 32.4 Å². The molecule has 2 aromatic rings. The van der Waals surface area contributed by atoms with Crippen LogP contribution in [0.4, 0.5) is 14.5 Å². The number of benzene rings is 1. The molecule has 3 rings (SSSR count). The van der Waals surface area contributed by atoms with E-state index in [-0.39, 0.29) is 0 Å². The van der Waals surface area contributed by atoms with Gasteiger partial charge in [0.15, 0.2) is 11.6 Å². The van der Waals surface area contributed by atoms with Crippen LogP contribution in [0.3, 0.4) is 0 Å². The first kappa shape index (κ1) is 15.9. The number of piperidine rings is 1. The Morgan fingerprint density at radius 3 is 2.65 bits per heavy atom. The van der Waals surface area contributed by atoms with Gasteiger partial charge in [-0.1, -0.05) is 0 Å². The van der Waals surface area contributed by atoms with E-state index in [1.165, 1.54) is 12.1 Å². The van der Waals surface area contributed by atoms with Gasteiger partial charge in [0.1, 0.15) is 5.82 Å². The van der Waals surface area contributed by atoms with E-state index < -0.39 is 11.6 Å². The number of rotatable bonds is 5. The molecule has 0 amide bonds. The SMILES string of the molecule is Cc1nccn1CCNC1CCN(c2ccc(F)c(F)c2)CC1. The Kier molecular flexibility index (Phi) is 4.91. The Labute approximate surface area is 135 Å². The Balaban J connectivity index is 1.45. The first-order valence-corrected chi connectivity index (χ1v) is 8.04. The summed E-state index contributed by atoms with van der Waals surface area (Å²) in [5.41, 5.74) is 0.761. The molecule has 1 fully saturated rings. The largest absolute Gasteiger partial charge is 0.371 e. The van der Waals surface area contributed by atoms with Crippen LogP contribution in [0.2, 0.25) is 0 Å². The molecule has 23 heavy (non-hydrogen) atoms. The number of hydrogen-bond donors (Lipinski definition) is 1. The smallest absolute Gasteiger partial charge is 0.160 e. The van der Waals surface area contributed by atoms with Gasteiger partial charge in [-0.15, -0.1) is 0 Å². The molecule has 0 saturated carbocycles. The molecule has 1 N–H and O–H groups in total. The lowest BCUT2D eigenvalue weighted by Gasteiger charge is -2.34. The van der Waals surface area contributed by atoms with Crippen molar-refractivity contribution in [3.63, 3.8) is 0 Å². The summed E-state index contributed by atoms with van der Waals surface area (Å²) in [5.74, 6) is -0.543. The zero-order chi connectivity index (χ0) is 16.2. The van der Waals surface area contributed by atoms with Gasteiger partial charge in [0.05, 0.1) is 0 Å². The van der Waals surface area contributed by atoms with Crippen molar-refractivity contribution in [1.29, 1.82) is 0 Å². The molecule has 1 aliphatic rings. The third kappa shape index (κ3) is 3.88. The van der Waals surface area contributed by atoms with E-state index in [1.54, 1.807) is 6.07 Å². The molecule has 1 aromatic carbocycles. The second-order valence-electron chi connectivity index (χ2n) is 5.98. The van der Waals surface area contributed by atoms with Gasteiger partial charge in [-0.25, -0.2) is 13.8 Å². The number of halogens is 2. The van der Waals surface area contributed by atoms with E-state index in [2.05, 4.69) is 19.8 Å². The molecule has 0 spiro atoms. The van der Waals surface area contributed by atoms with Crippen molar-refractivity contribution >= 4 is 5.69 Å². The molecule has 124 valence electrons. The van der Waals surface area contributed by atoms with Crippen LogP contribution in [-0.2, 0) is 6.54 Å². The van der Waals surface area contributed by atoms with Crippen LogP contribution < -0.4 is 10.2 Å². The van der Waals surface area contributed by atoms with Crippen molar-refractivity contribution < 1.29 is 8.78 Å². The average Bonchev–Trinajstić information content (AvgIpc) is 2.96.